The molecule has 1 saturated carbocycles. The van der Waals surface area contributed by atoms with Crippen LogP contribution in [0.1, 0.15) is 59.3 Å². The maximum absolute atomic E-state index is 6.10. The average Bonchev–Trinajstić information content (AvgIpc) is 2.58. The molecule has 0 amide bonds. The molecule has 1 aliphatic carbocycles. The molecule has 140 valence electrons. The van der Waals surface area contributed by atoms with Gasteiger partial charge < -0.3 is 15.4 Å². The number of thioether (sulfide) groups is 1. The molecule has 2 aliphatic rings. The van der Waals surface area contributed by atoms with E-state index in [9.17, 15) is 0 Å². The van der Waals surface area contributed by atoms with E-state index in [0.717, 1.165) is 24.4 Å². The van der Waals surface area contributed by atoms with Crippen LogP contribution in [0.25, 0.3) is 0 Å². The molecule has 0 aromatic rings. The van der Waals surface area contributed by atoms with Gasteiger partial charge >= 0.3 is 0 Å². The van der Waals surface area contributed by atoms with Crippen LogP contribution < -0.4 is 10.6 Å². The molecular weight excluding hydrogens is 318 g/mol. The first kappa shape index (κ1) is 19.9. The fourth-order valence-corrected chi connectivity index (χ4v) is 4.94. The molecule has 2 fully saturated rings. The van der Waals surface area contributed by atoms with Crippen molar-refractivity contribution in [1.82, 2.24) is 10.6 Å². The van der Waals surface area contributed by atoms with Crippen molar-refractivity contribution in [3.8, 4) is 0 Å². The Kier molecular flexibility index (Phi) is 7.73. The van der Waals surface area contributed by atoms with Gasteiger partial charge in [0.25, 0.3) is 0 Å². The zero-order chi connectivity index (χ0) is 17.6. The highest BCUT2D eigenvalue weighted by Crippen LogP contribution is 2.33. The zero-order valence-electron chi connectivity index (χ0n) is 16.2. The van der Waals surface area contributed by atoms with E-state index in [1.54, 1.807) is 0 Å². The van der Waals surface area contributed by atoms with E-state index in [0.29, 0.717) is 18.1 Å². The topological polar surface area (TPSA) is 45.7 Å². The Bertz CT molecular complexity index is 408. The lowest BCUT2D eigenvalue weighted by Gasteiger charge is -2.40. The van der Waals surface area contributed by atoms with E-state index in [4.69, 9.17) is 4.74 Å². The second-order valence-corrected chi connectivity index (χ2v) is 9.52. The maximum atomic E-state index is 6.10. The van der Waals surface area contributed by atoms with Gasteiger partial charge in [-0.25, -0.2) is 0 Å². The third-order valence-electron chi connectivity index (χ3n) is 5.35. The Morgan fingerprint density at radius 2 is 2.00 bits per heavy atom. The van der Waals surface area contributed by atoms with Crippen LogP contribution in [-0.4, -0.2) is 49.8 Å². The van der Waals surface area contributed by atoms with Crippen LogP contribution >= 0.6 is 11.8 Å². The summed E-state index contributed by atoms with van der Waals surface area (Å²) in [6, 6.07) is 0.559. The fourth-order valence-electron chi connectivity index (χ4n) is 4.12. The van der Waals surface area contributed by atoms with Crippen molar-refractivity contribution in [1.29, 1.82) is 0 Å². The van der Waals surface area contributed by atoms with Gasteiger partial charge in [0.2, 0.25) is 0 Å². The molecule has 5 heteroatoms. The van der Waals surface area contributed by atoms with Crippen LogP contribution in [0.5, 0.6) is 0 Å². The van der Waals surface area contributed by atoms with E-state index in [1.807, 2.05) is 18.8 Å². The molecular formula is C19H37N3OS. The van der Waals surface area contributed by atoms with Gasteiger partial charge in [-0.05, 0) is 43.8 Å². The van der Waals surface area contributed by atoms with Crippen LogP contribution in [0.15, 0.2) is 4.99 Å². The van der Waals surface area contributed by atoms with Gasteiger partial charge in [0.05, 0.1) is 6.10 Å². The molecule has 1 saturated heterocycles. The predicted molar refractivity (Wildman–Crippen MR) is 106 cm³/mol. The van der Waals surface area contributed by atoms with Crippen molar-refractivity contribution in [3.63, 3.8) is 0 Å². The second-order valence-electron chi connectivity index (χ2n) is 8.38. The highest BCUT2D eigenvalue weighted by atomic mass is 32.2. The Labute approximate surface area is 153 Å². The molecule has 0 aromatic heterocycles. The Hall–Kier alpha value is -0.420. The van der Waals surface area contributed by atoms with Crippen LogP contribution in [0.2, 0.25) is 0 Å². The summed E-state index contributed by atoms with van der Waals surface area (Å²) in [6.45, 7) is 8.71. The molecule has 0 spiro atoms. The monoisotopic (exact) mass is 355 g/mol. The summed E-state index contributed by atoms with van der Waals surface area (Å²) in [5.74, 6) is 1.52. The third-order valence-corrected chi connectivity index (χ3v) is 6.45. The van der Waals surface area contributed by atoms with Gasteiger partial charge in [-0.2, -0.15) is 11.8 Å². The van der Waals surface area contributed by atoms with Gasteiger partial charge in [0.15, 0.2) is 5.96 Å². The Balaban J connectivity index is 1.84. The van der Waals surface area contributed by atoms with Crippen molar-refractivity contribution in [2.45, 2.75) is 76.7 Å². The predicted octanol–water partition coefficient (Wildman–Crippen LogP) is 3.67. The van der Waals surface area contributed by atoms with Crippen LogP contribution in [0.3, 0.4) is 0 Å². The summed E-state index contributed by atoms with van der Waals surface area (Å²) in [4.78, 5) is 4.45. The van der Waals surface area contributed by atoms with E-state index in [2.05, 4.69) is 42.7 Å². The summed E-state index contributed by atoms with van der Waals surface area (Å²) in [5.41, 5.74) is 0.193. The molecule has 1 aliphatic heterocycles. The minimum absolute atomic E-state index is 0.193. The van der Waals surface area contributed by atoms with Crippen molar-refractivity contribution in [2.75, 3.05) is 26.5 Å². The molecule has 0 radical (unpaired) electrons. The molecule has 0 bridgehead atoms. The number of hydrogen-bond donors (Lipinski definition) is 2. The van der Waals surface area contributed by atoms with Gasteiger partial charge in [-0.15, -0.1) is 0 Å². The molecule has 24 heavy (non-hydrogen) atoms. The molecule has 4 atom stereocenters. The van der Waals surface area contributed by atoms with E-state index >= 15 is 0 Å². The fraction of sp³-hybridized carbons (Fsp3) is 0.947. The van der Waals surface area contributed by atoms with E-state index in [1.165, 1.54) is 38.5 Å². The van der Waals surface area contributed by atoms with Gasteiger partial charge in [-0.3, -0.25) is 4.99 Å². The Morgan fingerprint density at radius 1 is 1.21 bits per heavy atom. The Morgan fingerprint density at radius 3 is 2.67 bits per heavy atom. The third kappa shape index (κ3) is 5.83. The normalized spacial score (nSPS) is 32.5. The summed E-state index contributed by atoms with van der Waals surface area (Å²) in [5, 5.41) is 8.02. The van der Waals surface area contributed by atoms with Gasteiger partial charge in [0.1, 0.15) is 0 Å². The number of guanidine groups is 1. The lowest BCUT2D eigenvalue weighted by Crippen LogP contribution is -2.50. The first-order valence-corrected chi connectivity index (χ1v) is 10.8. The van der Waals surface area contributed by atoms with Crippen molar-refractivity contribution in [3.05, 3.63) is 0 Å². The molecule has 2 rings (SSSR count). The van der Waals surface area contributed by atoms with Gasteiger partial charge in [0, 0.05) is 37.4 Å². The minimum atomic E-state index is 0.193. The van der Waals surface area contributed by atoms with Crippen LogP contribution in [0, 0.1) is 11.3 Å². The SMILES string of the molecule is CN=C(NCC1CCCOC1C(C)(C)C)NC1CCCC(SC)C1. The number of rotatable bonds is 4. The highest BCUT2D eigenvalue weighted by molar-refractivity contribution is 7.99. The smallest absolute Gasteiger partial charge is 0.191 e. The van der Waals surface area contributed by atoms with Crippen LogP contribution in [-0.2, 0) is 4.74 Å². The lowest BCUT2D eigenvalue weighted by atomic mass is 9.78. The van der Waals surface area contributed by atoms with Crippen molar-refractivity contribution in [2.24, 2.45) is 16.3 Å². The average molecular weight is 356 g/mol. The summed E-state index contributed by atoms with van der Waals surface area (Å²) in [6.07, 6.45) is 10.2. The summed E-state index contributed by atoms with van der Waals surface area (Å²) < 4.78 is 6.10. The van der Waals surface area contributed by atoms with Crippen molar-refractivity contribution < 1.29 is 4.74 Å². The van der Waals surface area contributed by atoms with E-state index in [-0.39, 0.29) is 5.41 Å². The van der Waals surface area contributed by atoms with E-state index < -0.39 is 0 Å². The number of hydrogen-bond acceptors (Lipinski definition) is 3. The molecule has 4 nitrogen and oxygen atoms in total. The largest absolute Gasteiger partial charge is 0.377 e. The molecule has 0 aromatic carbocycles. The highest BCUT2D eigenvalue weighted by Gasteiger charge is 2.35. The second kappa shape index (κ2) is 9.33. The maximum Gasteiger partial charge on any atom is 0.191 e. The van der Waals surface area contributed by atoms with Crippen molar-refractivity contribution >= 4 is 17.7 Å². The number of nitrogens with one attached hydrogen (secondary N) is 2. The number of aliphatic imine (C=N–C) groups is 1. The molecule has 1 heterocycles. The zero-order valence-corrected chi connectivity index (χ0v) is 17.0. The van der Waals surface area contributed by atoms with Crippen LogP contribution in [0.4, 0.5) is 0 Å². The first-order chi connectivity index (χ1) is 11.4. The minimum Gasteiger partial charge on any atom is -0.377 e. The first-order valence-electron chi connectivity index (χ1n) is 9.55. The number of nitrogens with zero attached hydrogens (tertiary/aromatic N) is 1. The summed E-state index contributed by atoms with van der Waals surface area (Å²) >= 11 is 2.01. The molecule has 4 unspecified atom stereocenters. The van der Waals surface area contributed by atoms with Gasteiger partial charge in [-0.1, -0.05) is 27.2 Å². The molecule has 2 N–H and O–H groups in total. The summed E-state index contributed by atoms with van der Waals surface area (Å²) in [7, 11) is 1.88. The quantitative estimate of drug-likeness (QED) is 0.597. The number of ether oxygens (including phenoxy) is 1. The standard InChI is InChI=1S/C19H37N3OS/c1-19(2,3)17-14(8-7-11-23-17)13-21-18(20-4)22-15-9-6-10-16(12-15)24-5/h14-17H,6-13H2,1-5H3,(H2,20,21,22). The lowest BCUT2D eigenvalue weighted by molar-refractivity contribution is -0.0835.